The standard InChI is InChI=1S/C9H5N3O2/c13-9-12-6-2-1-5-3-10-4-11-7(5)8(6)14-9/h1-4H,(H,12,13). The maximum atomic E-state index is 11.0. The summed E-state index contributed by atoms with van der Waals surface area (Å²) in [5.41, 5.74) is 1.78. The van der Waals surface area contributed by atoms with Gasteiger partial charge in [-0.25, -0.2) is 14.8 Å². The quantitative estimate of drug-likeness (QED) is 0.571. The molecule has 14 heavy (non-hydrogen) atoms. The molecule has 0 aliphatic rings. The van der Waals surface area contributed by atoms with E-state index in [2.05, 4.69) is 15.0 Å². The van der Waals surface area contributed by atoms with Gasteiger partial charge in [-0.05, 0) is 12.1 Å². The molecule has 5 nitrogen and oxygen atoms in total. The van der Waals surface area contributed by atoms with Crippen LogP contribution in [0.5, 0.6) is 0 Å². The first-order valence-corrected chi connectivity index (χ1v) is 4.06. The molecule has 0 aliphatic carbocycles. The van der Waals surface area contributed by atoms with E-state index in [-0.39, 0.29) is 0 Å². The third-order valence-corrected chi connectivity index (χ3v) is 2.06. The SMILES string of the molecule is O=c1[nH]c2ccc3cncnc3c2o1. The smallest absolute Gasteiger partial charge is 0.405 e. The average molecular weight is 187 g/mol. The fourth-order valence-electron chi connectivity index (χ4n) is 1.46. The monoisotopic (exact) mass is 187 g/mol. The third kappa shape index (κ3) is 0.861. The fourth-order valence-corrected chi connectivity index (χ4v) is 1.46. The molecule has 0 unspecified atom stereocenters. The minimum atomic E-state index is -0.467. The van der Waals surface area contributed by atoms with Crippen LogP contribution in [0.2, 0.25) is 0 Å². The zero-order chi connectivity index (χ0) is 9.54. The van der Waals surface area contributed by atoms with Gasteiger partial charge in [-0.15, -0.1) is 0 Å². The van der Waals surface area contributed by atoms with E-state index in [4.69, 9.17) is 4.42 Å². The van der Waals surface area contributed by atoms with Gasteiger partial charge in [0.05, 0.1) is 5.52 Å². The molecule has 68 valence electrons. The van der Waals surface area contributed by atoms with Crippen LogP contribution in [0.3, 0.4) is 0 Å². The van der Waals surface area contributed by atoms with Gasteiger partial charge in [-0.2, -0.15) is 0 Å². The fraction of sp³-hybridized carbons (Fsp3) is 0. The molecule has 1 N–H and O–H groups in total. The Morgan fingerprint density at radius 1 is 1.36 bits per heavy atom. The molecule has 0 atom stereocenters. The predicted molar refractivity (Wildman–Crippen MR) is 49.9 cm³/mol. The number of H-pyrrole nitrogens is 1. The molecule has 2 heterocycles. The second-order valence-electron chi connectivity index (χ2n) is 2.92. The number of oxazole rings is 1. The van der Waals surface area contributed by atoms with Crippen LogP contribution in [-0.4, -0.2) is 15.0 Å². The van der Waals surface area contributed by atoms with Crippen LogP contribution in [0.25, 0.3) is 22.0 Å². The van der Waals surface area contributed by atoms with Crippen molar-refractivity contribution in [3.63, 3.8) is 0 Å². The summed E-state index contributed by atoms with van der Waals surface area (Å²) in [6, 6.07) is 3.61. The molecule has 3 aromatic rings. The lowest BCUT2D eigenvalue weighted by molar-refractivity contribution is 0.557. The highest BCUT2D eigenvalue weighted by atomic mass is 16.4. The first-order chi connectivity index (χ1) is 6.84. The molecular formula is C9H5N3O2. The van der Waals surface area contributed by atoms with Crippen LogP contribution < -0.4 is 5.76 Å². The normalized spacial score (nSPS) is 11.1. The number of fused-ring (bicyclic) bond motifs is 3. The van der Waals surface area contributed by atoms with E-state index in [1.54, 1.807) is 12.3 Å². The number of nitrogens with zero attached hydrogens (tertiary/aromatic N) is 2. The Hall–Kier alpha value is -2.17. The molecule has 0 fully saturated rings. The molecule has 1 aromatic carbocycles. The molecule has 5 heteroatoms. The Kier molecular flexibility index (Phi) is 1.25. The average Bonchev–Trinajstić information content (AvgIpc) is 2.59. The Morgan fingerprint density at radius 3 is 3.21 bits per heavy atom. The minimum Gasteiger partial charge on any atom is -0.405 e. The zero-order valence-electron chi connectivity index (χ0n) is 7.02. The highest BCUT2D eigenvalue weighted by Crippen LogP contribution is 2.19. The number of aromatic nitrogens is 3. The molecule has 0 bridgehead atoms. The van der Waals surface area contributed by atoms with Crippen molar-refractivity contribution in [2.45, 2.75) is 0 Å². The largest absolute Gasteiger partial charge is 0.417 e. The summed E-state index contributed by atoms with van der Waals surface area (Å²) >= 11 is 0. The zero-order valence-corrected chi connectivity index (χ0v) is 7.02. The van der Waals surface area contributed by atoms with Crippen LogP contribution in [-0.2, 0) is 0 Å². The van der Waals surface area contributed by atoms with E-state index in [1.807, 2.05) is 6.07 Å². The van der Waals surface area contributed by atoms with Crippen molar-refractivity contribution in [1.29, 1.82) is 0 Å². The van der Waals surface area contributed by atoms with Gasteiger partial charge in [-0.3, -0.25) is 4.98 Å². The summed E-state index contributed by atoms with van der Waals surface area (Å²) in [5.74, 6) is -0.467. The molecule has 0 saturated heterocycles. The van der Waals surface area contributed by atoms with Gasteiger partial charge in [0.2, 0.25) is 0 Å². The minimum absolute atomic E-state index is 0.467. The van der Waals surface area contributed by atoms with Gasteiger partial charge in [0.15, 0.2) is 5.58 Å². The van der Waals surface area contributed by atoms with Crippen molar-refractivity contribution in [3.8, 4) is 0 Å². The Labute approximate surface area is 77.4 Å². The van der Waals surface area contributed by atoms with Crippen LogP contribution in [0.4, 0.5) is 0 Å². The van der Waals surface area contributed by atoms with Gasteiger partial charge in [0.1, 0.15) is 11.8 Å². The Bertz CT molecular complexity index is 668. The van der Waals surface area contributed by atoms with E-state index in [0.717, 1.165) is 5.39 Å². The predicted octanol–water partition coefficient (Wildman–Crippen LogP) is 1.06. The molecule has 0 aliphatic heterocycles. The summed E-state index contributed by atoms with van der Waals surface area (Å²) in [5, 5.41) is 0.850. The van der Waals surface area contributed by atoms with Gasteiger partial charge < -0.3 is 4.42 Å². The molecule has 0 spiro atoms. The van der Waals surface area contributed by atoms with Crippen molar-refractivity contribution >= 4 is 22.0 Å². The van der Waals surface area contributed by atoms with E-state index in [0.29, 0.717) is 16.6 Å². The number of rotatable bonds is 0. The number of hydrogen-bond acceptors (Lipinski definition) is 4. The van der Waals surface area contributed by atoms with Crippen molar-refractivity contribution in [1.82, 2.24) is 15.0 Å². The maximum absolute atomic E-state index is 11.0. The Morgan fingerprint density at radius 2 is 2.29 bits per heavy atom. The van der Waals surface area contributed by atoms with Crippen molar-refractivity contribution < 1.29 is 4.42 Å². The van der Waals surface area contributed by atoms with Crippen molar-refractivity contribution in [2.75, 3.05) is 0 Å². The summed E-state index contributed by atoms with van der Waals surface area (Å²) in [7, 11) is 0. The molecule has 0 radical (unpaired) electrons. The number of aromatic amines is 1. The summed E-state index contributed by atoms with van der Waals surface area (Å²) < 4.78 is 4.98. The van der Waals surface area contributed by atoms with Gasteiger partial charge in [0, 0.05) is 11.6 Å². The first-order valence-electron chi connectivity index (χ1n) is 4.06. The van der Waals surface area contributed by atoms with Crippen LogP contribution in [0.1, 0.15) is 0 Å². The van der Waals surface area contributed by atoms with Crippen molar-refractivity contribution in [2.24, 2.45) is 0 Å². The summed E-state index contributed by atoms with van der Waals surface area (Å²) in [4.78, 5) is 21.5. The first kappa shape index (κ1) is 7.25. The highest BCUT2D eigenvalue weighted by molar-refractivity contribution is 5.99. The maximum Gasteiger partial charge on any atom is 0.417 e. The van der Waals surface area contributed by atoms with E-state index >= 15 is 0 Å². The highest BCUT2D eigenvalue weighted by Gasteiger charge is 2.06. The van der Waals surface area contributed by atoms with E-state index < -0.39 is 5.76 Å². The second-order valence-corrected chi connectivity index (χ2v) is 2.92. The molecule has 0 saturated carbocycles. The van der Waals surface area contributed by atoms with Crippen LogP contribution >= 0.6 is 0 Å². The van der Waals surface area contributed by atoms with Crippen LogP contribution in [0, 0.1) is 0 Å². The lowest BCUT2D eigenvalue weighted by Gasteiger charge is -1.93. The molecule has 0 amide bonds. The second kappa shape index (κ2) is 2.41. The topological polar surface area (TPSA) is 71.8 Å². The van der Waals surface area contributed by atoms with Crippen molar-refractivity contribution in [3.05, 3.63) is 35.2 Å². The number of hydrogen-bond donors (Lipinski definition) is 1. The van der Waals surface area contributed by atoms with E-state index in [9.17, 15) is 4.79 Å². The lowest BCUT2D eigenvalue weighted by atomic mass is 10.2. The summed E-state index contributed by atoms with van der Waals surface area (Å²) in [6.45, 7) is 0. The number of nitrogens with one attached hydrogen (secondary N) is 1. The number of benzene rings is 1. The Balaban J connectivity index is 2.66. The van der Waals surface area contributed by atoms with Gasteiger partial charge >= 0.3 is 5.76 Å². The van der Waals surface area contributed by atoms with Crippen LogP contribution in [0.15, 0.2) is 33.9 Å². The lowest BCUT2D eigenvalue weighted by Crippen LogP contribution is -1.92. The summed E-state index contributed by atoms with van der Waals surface area (Å²) in [6.07, 6.45) is 3.10. The molecular weight excluding hydrogens is 182 g/mol. The molecule has 2 aromatic heterocycles. The van der Waals surface area contributed by atoms with Gasteiger partial charge in [-0.1, -0.05) is 0 Å². The van der Waals surface area contributed by atoms with Gasteiger partial charge in [0.25, 0.3) is 0 Å². The van der Waals surface area contributed by atoms with E-state index in [1.165, 1.54) is 6.33 Å². The molecule has 3 rings (SSSR count). The third-order valence-electron chi connectivity index (χ3n) is 2.06.